The Morgan fingerprint density at radius 2 is 1.91 bits per heavy atom. The van der Waals surface area contributed by atoms with Crippen LogP contribution < -0.4 is 10.6 Å². The highest BCUT2D eigenvalue weighted by Gasteiger charge is 2.37. The van der Waals surface area contributed by atoms with Gasteiger partial charge in [-0.1, -0.05) is 6.07 Å². The number of nitrogens with one attached hydrogen (secondary N) is 2. The minimum Gasteiger partial charge on any atom is -0.349 e. The summed E-state index contributed by atoms with van der Waals surface area (Å²) in [5.74, 6) is -0.294. The number of hydrogen-bond acceptors (Lipinski definition) is 5. The zero-order valence-electron chi connectivity index (χ0n) is 17.6. The summed E-state index contributed by atoms with van der Waals surface area (Å²) in [5, 5.41) is 5.92. The van der Waals surface area contributed by atoms with Crippen LogP contribution in [0.15, 0.2) is 29.3 Å². The van der Waals surface area contributed by atoms with Gasteiger partial charge in [0.05, 0.1) is 30.2 Å². The highest BCUT2D eigenvalue weighted by molar-refractivity contribution is 8.12. The largest absolute Gasteiger partial charge is 0.416 e. The minimum atomic E-state index is -4.52. The fraction of sp³-hybridized carbons (Fsp3) is 0.591. The number of carbonyl (C=O) groups excluding carboxylic acids is 2. The summed E-state index contributed by atoms with van der Waals surface area (Å²) in [6, 6.07) is 4.76. The lowest BCUT2D eigenvalue weighted by Gasteiger charge is -2.47. The van der Waals surface area contributed by atoms with Crippen LogP contribution in [0.1, 0.15) is 41.6 Å². The van der Waals surface area contributed by atoms with E-state index in [9.17, 15) is 22.8 Å². The second-order valence-electron chi connectivity index (χ2n) is 8.69. The van der Waals surface area contributed by atoms with Crippen molar-refractivity contribution in [3.05, 3.63) is 35.4 Å². The van der Waals surface area contributed by atoms with E-state index in [1.165, 1.54) is 37.8 Å². The van der Waals surface area contributed by atoms with Gasteiger partial charge in [-0.2, -0.15) is 13.2 Å². The number of hydrogen-bond donors (Lipinski definition) is 2. The molecule has 1 aliphatic carbocycles. The SMILES string of the molecule is O=C(CNC(=O)c1cccc(C(F)(F)F)c1)NC1CN(C2CCC(C3CN=CS3)CC2)C1. The molecule has 0 aromatic heterocycles. The Hall–Kier alpha value is -2.07. The lowest BCUT2D eigenvalue weighted by molar-refractivity contribution is -0.137. The fourth-order valence-corrected chi connectivity index (χ4v) is 5.69. The monoisotopic (exact) mass is 468 g/mol. The molecule has 0 radical (unpaired) electrons. The quantitative estimate of drug-likeness (QED) is 0.674. The zero-order chi connectivity index (χ0) is 22.7. The molecular weight excluding hydrogens is 441 g/mol. The molecule has 0 spiro atoms. The molecule has 32 heavy (non-hydrogen) atoms. The predicted octanol–water partition coefficient (Wildman–Crippen LogP) is 2.94. The first kappa shape index (κ1) is 23.1. The van der Waals surface area contributed by atoms with E-state index in [0.29, 0.717) is 11.3 Å². The molecule has 2 heterocycles. The normalized spacial score (nSPS) is 26.5. The van der Waals surface area contributed by atoms with Gasteiger partial charge >= 0.3 is 6.18 Å². The number of amides is 2. The van der Waals surface area contributed by atoms with E-state index in [2.05, 4.69) is 20.5 Å². The van der Waals surface area contributed by atoms with Crippen LogP contribution in [0.3, 0.4) is 0 Å². The van der Waals surface area contributed by atoms with Crippen LogP contribution in [-0.2, 0) is 11.0 Å². The maximum Gasteiger partial charge on any atom is 0.416 e. The second kappa shape index (κ2) is 9.82. The van der Waals surface area contributed by atoms with Gasteiger partial charge in [-0.3, -0.25) is 19.5 Å². The molecule has 1 atom stereocenters. The van der Waals surface area contributed by atoms with E-state index in [4.69, 9.17) is 0 Å². The Balaban J connectivity index is 1.14. The average molecular weight is 469 g/mol. The van der Waals surface area contributed by atoms with Crippen LogP contribution in [0.25, 0.3) is 0 Å². The summed E-state index contributed by atoms with van der Waals surface area (Å²) in [6.45, 7) is 2.27. The van der Waals surface area contributed by atoms with Gasteiger partial charge in [0.2, 0.25) is 5.91 Å². The molecule has 2 N–H and O–H groups in total. The van der Waals surface area contributed by atoms with Crippen molar-refractivity contribution in [3.8, 4) is 0 Å². The summed E-state index contributed by atoms with van der Waals surface area (Å²) in [4.78, 5) is 31.0. The maximum absolute atomic E-state index is 12.8. The number of carbonyl (C=O) groups is 2. The van der Waals surface area contributed by atoms with Gasteiger partial charge in [-0.05, 0) is 49.8 Å². The van der Waals surface area contributed by atoms with Crippen LogP contribution in [0.2, 0.25) is 0 Å². The first-order chi connectivity index (χ1) is 15.3. The molecule has 4 rings (SSSR count). The molecule has 10 heteroatoms. The van der Waals surface area contributed by atoms with Gasteiger partial charge in [0, 0.05) is 29.9 Å². The van der Waals surface area contributed by atoms with E-state index in [1.54, 1.807) is 0 Å². The molecule has 1 aromatic rings. The van der Waals surface area contributed by atoms with E-state index >= 15 is 0 Å². The summed E-state index contributed by atoms with van der Waals surface area (Å²) in [7, 11) is 0. The topological polar surface area (TPSA) is 73.8 Å². The van der Waals surface area contributed by atoms with Crippen LogP contribution in [0.5, 0.6) is 0 Å². The smallest absolute Gasteiger partial charge is 0.349 e. The standard InChI is InChI=1S/C22H27F3N4O2S/c23-22(24,25)16-3-1-2-15(8-16)21(31)27-10-20(30)28-17-11-29(12-17)18-6-4-14(5-7-18)19-9-26-13-32-19/h1-3,8,13-14,17-19H,4-7,9-12H2,(H,27,31)(H,28,30). The number of benzene rings is 1. The molecular formula is C22H27F3N4O2S. The Labute approximate surface area is 189 Å². The third-order valence-electron chi connectivity index (χ3n) is 6.52. The lowest BCUT2D eigenvalue weighted by Crippen LogP contribution is -2.63. The van der Waals surface area contributed by atoms with Crippen molar-refractivity contribution in [2.24, 2.45) is 10.9 Å². The molecule has 0 bridgehead atoms. The highest BCUT2D eigenvalue weighted by Crippen LogP contribution is 2.36. The summed E-state index contributed by atoms with van der Waals surface area (Å²) < 4.78 is 38.4. The van der Waals surface area contributed by atoms with Crippen molar-refractivity contribution in [3.63, 3.8) is 0 Å². The van der Waals surface area contributed by atoms with Crippen LogP contribution in [0, 0.1) is 5.92 Å². The van der Waals surface area contributed by atoms with Crippen LogP contribution in [-0.4, -0.2) is 65.8 Å². The van der Waals surface area contributed by atoms with Crippen LogP contribution >= 0.6 is 11.8 Å². The number of nitrogens with zero attached hydrogens (tertiary/aromatic N) is 2. The maximum atomic E-state index is 12.8. The number of thioether (sulfide) groups is 1. The van der Waals surface area contributed by atoms with Gasteiger partial charge in [-0.25, -0.2) is 0 Å². The summed E-state index contributed by atoms with van der Waals surface area (Å²) in [6.07, 6.45) is 0.277. The molecule has 174 valence electrons. The van der Waals surface area contributed by atoms with Gasteiger partial charge < -0.3 is 10.6 Å². The molecule has 1 unspecified atom stereocenters. The number of rotatable bonds is 6. The van der Waals surface area contributed by atoms with Crippen molar-refractivity contribution >= 4 is 29.1 Å². The Morgan fingerprint density at radius 3 is 2.56 bits per heavy atom. The van der Waals surface area contributed by atoms with Crippen molar-refractivity contribution in [2.45, 2.75) is 49.2 Å². The Kier molecular flexibility index (Phi) is 7.09. The number of aliphatic imine (C=N–C) groups is 1. The zero-order valence-corrected chi connectivity index (χ0v) is 18.4. The number of halogens is 3. The molecule has 1 saturated carbocycles. The van der Waals surface area contributed by atoms with Gasteiger partial charge in [0.25, 0.3) is 5.91 Å². The van der Waals surface area contributed by atoms with Gasteiger partial charge in [0.1, 0.15) is 0 Å². The van der Waals surface area contributed by atoms with Crippen molar-refractivity contribution in [1.82, 2.24) is 15.5 Å². The third-order valence-corrected chi connectivity index (χ3v) is 7.67. The Morgan fingerprint density at radius 1 is 1.16 bits per heavy atom. The minimum absolute atomic E-state index is 0.0458. The van der Waals surface area contributed by atoms with E-state index < -0.39 is 17.6 Å². The fourth-order valence-electron chi connectivity index (χ4n) is 4.69. The molecule has 1 aromatic carbocycles. The molecule has 1 saturated heterocycles. The number of likely N-dealkylation sites (tertiary alicyclic amines) is 1. The first-order valence-electron chi connectivity index (χ1n) is 10.9. The van der Waals surface area contributed by atoms with Crippen LogP contribution in [0.4, 0.5) is 13.2 Å². The van der Waals surface area contributed by atoms with Crippen molar-refractivity contribution < 1.29 is 22.8 Å². The van der Waals surface area contributed by atoms with E-state index in [1.807, 2.05) is 17.3 Å². The third kappa shape index (κ3) is 5.64. The second-order valence-corrected chi connectivity index (χ2v) is 9.78. The average Bonchev–Trinajstić information content (AvgIpc) is 3.29. The van der Waals surface area contributed by atoms with E-state index in [-0.39, 0.29) is 24.1 Å². The predicted molar refractivity (Wildman–Crippen MR) is 118 cm³/mol. The molecule has 2 fully saturated rings. The summed E-state index contributed by atoms with van der Waals surface area (Å²) >= 11 is 1.86. The molecule has 2 aliphatic heterocycles. The molecule has 2 amide bonds. The van der Waals surface area contributed by atoms with Crippen molar-refractivity contribution in [1.29, 1.82) is 0 Å². The Bertz CT molecular complexity index is 857. The highest BCUT2D eigenvalue weighted by atomic mass is 32.2. The van der Waals surface area contributed by atoms with E-state index in [0.717, 1.165) is 37.7 Å². The van der Waals surface area contributed by atoms with Gasteiger partial charge in [0.15, 0.2) is 0 Å². The summed E-state index contributed by atoms with van der Waals surface area (Å²) in [5.41, 5.74) is 0.954. The molecule has 3 aliphatic rings. The first-order valence-corrected chi connectivity index (χ1v) is 11.9. The lowest BCUT2D eigenvalue weighted by atomic mass is 9.82. The van der Waals surface area contributed by atoms with Crippen molar-refractivity contribution in [2.75, 3.05) is 26.2 Å². The van der Waals surface area contributed by atoms with Gasteiger partial charge in [-0.15, -0.1) is 11.8 Å². The number of alkyl halides is 3. The molecule has 6 nitrogen and oxygen atoms in total.